The van der Waals surface area contributed by atoms with Crippen molar-refractivity contribution in [3.05, 3.63) is 74.6 Å². The Balaban J connectivity index is 2.07. The Morgan fingerprint density at radius 3 is 2.44 bits per heavy atom. The lowest BCUT2D eigenvalue weighted by Gasteiger charge is -2.08. The van der Waals surface area contributed by atoms with Crippen molar-refractivity contribution in [2.45, 2.75) is 16.0 Å². The van der Waals surface area contributed by atoms with Crippen LogP contribution in [0.1, 0.15) is 5.56 Å². The Labute approximate surface area is 142 Å². The Morgan fingerprint density at radius 1 is 1.04 bits per heavy atom. The normalized spacial score (nSPS) is 11.6. The van der Waals surface area contributed by atoms with Gasteiger partial charge in [0.25, 0.3) is 5.69 Å². The first-order valence-corrected chi connectivity index (χ1v) is 7.64. The molecule has 0 saturated carbocycles. The molecule has 0 N–H and O–H groups in total. The molecule has 1 aromatic heterocycles. The van der Waals surface area contributed by atoms with Crippen LogP contribution in [0.2, 0.25) is 0 Å². The largest absolute Gasteiger partial charge is 0.422 e. The third-order valence-corrected chi connectivity index (χ3v) is 4.38. The quantitative estimate of drug-likeness (QED) is 0.375. The van der Waals surface area contributed by atoms with E-state index in [1.807, 2.05) is 0 Å². The van der Waals surface area contributed by atoms with Crippen molar-refractivity contribution < 1.29 is 22.5 Å². The van der Waals surface area contributed by atoms with Gasteiger partial charge in [0.15, 0.2) is 0 Å². The van der Waals surface area contributed by atoms with Crippen LogP contribution in [-0.2, 0) is 6.18 Å². The van der Waals surface area contributed by atoms with Crippen molar-refractivity contribution in [3.63, 3.8) is 0 Å². The second-order valence-corrected chi connectivity index (χ2v) is 6.06. The number of fused-ring (bicyclic) bond motifs is 1. The van der Waals surface area contributed by atoms with Gasteiger partial charge in [0.1, 0.15) is 5.58 Å². The number of hydrogen-bond acceptors (Lipinski definition) is 5. The highest BCUT2D eigenvalue weighted by Gasteiger charge is 2.33. The first-order valence-electron chi connectivity index (χ1n) is 6.82. The Kier molecular flexibility index (Phi) is 4.25. The lowest BCUT2D eigenvalue weighted by atomic mass is 10.2. The number of nitro groups is 1. The summed E-state index contributed by atoms with van der Waals surface area (Å²) < 4.78 is 43.3. The number of para-hydroxylation sites is 1. The minimum atomic E-state index is -4.70. The summed E-state index contributed by atoms with van der Waals surface area (Å²) >= 11 is 0.688. The highest BCUT2D eigenvalue weighted by molar-refractivity contribution is 7.99. The zero-order valence-electron chi connectivity index (χ0n) is 12.2. The number of halogens is 3. The molecule has 1 heterocycles. The third kappa shape index (κ3) is 3.50. The maximum absolute atomic E-state index is 12.7. The Bertz CT molecular complexity index is 1030. The van der Waals surface area contributed by atoms with Crippen LogP contribution in [0.4, 0.5) is 18.9 Å². The summed E-state index contributed by atoms with van der Waals surface area (Å²) in [4.78, 5) is 22.2. The Morgan fingerprint density at radius 2 is 1.76 bits per heavy atom. The average Bonchev–Trinajstić information content (AvgIpc) is 2.54. The van der Waals surface area contributed by atoms with E-state index in [1.54, 1.807) is 24.3 Å². The summed E-state index contributed by atoms with van der Waals surface area (Å²) in [7, 11) is 0. The lowest BCUT2D eigenvalue weighted by Crippen LogP contribution is -2.06. The van der Waals surface area contributed by atoms with Gasteiger partial charge in [0.2, 0.25) is 0 Å². The maximum Gasteiger partial charge on any atom is 0.416 e. The molecule has 0 spiro atoms. The van der Waals surface area contributed by atoms with Crippen molar-refractivity contribution in [2.24, 2.45) is 0 Å². The molecule has 2 aromatic carbocycles. The van der Waals surface area contributed by atoms with Crippen molar-refractivity contribution in [3.8, 4) is 0 Å². The number of hydrogen-bond donors (Lipinski definition) is 0. The molecule has 0 atom stereocenters. The second-order valence-electron chi connectivity index (χ2n) is 4.98. The molecule has 3 rings (SSSR count). The molecule has 128 valence electrons. The molecule has 0 amide bonds. The molecule has 0 radical (unpaired) electrons. The minimum Gasteiger partial charge on any atom is -0.422 e. The van der Waals surface area contributed by atoms with Gasteiger partial charge in [0, 0.05) is 11.5 Å². The average molecular weight is 367 g/mol. The van der Waals surface area contributed by atoms with E-state index >= 15 is 0 Å². The maximum atomic E-state index is 12.7. The Hall–Kier alpha value is -2.81. The van der Waals surface area contributed by atoms with Gasteiger partial charge >= 0.3 is 11.8 Å². The molecule has 25 heavy (non-hydrogen) atoms. The van der Waals surface area contributed by atoms with Crippen LogP contribution in [0, 0.1) is 10.1 Å². The molecule has 9 heteroatoms. The summed E-state index contributed by atoms with van der Waals surface area (Å²) in [6.45, 7) is 0. The molecular formula is C16H8F3NO4S. The minimum absolute atomic E-state index is 0.0431. The topological polar surface area (TPSA) is 73.3 Å². The highest BCUT2D eigenvalue weighted by atomic mass is 32.2. The van der Waals surface area contributed by atoms with E-state index in [0.717, 1.165) is 12.1 Å². The number of rotatable bonds is 3. The molecule has 3 aromatic rings. The fraction of sp³-hybridized carbons (Fsp3) is 0.0625. The second kappa shape index (κ2) is 6.25. The third-order valence-electron chi connectivity index (χ3n) is 3.31. The van der Waals surface area contributed by atoms with Gasteiger partial charge in [-0.1, -0.05) is 30.0 Å². The lowest BCUT2D eigenvalue weighted by molar-refractivity contribution is -0.388. The van der Waals surface area contributed by atoms with Gasteiger partial charge < -0.3 is 4.42 Å². The number of nitro benzene ring substituents is 1. The molecule has 5 nitrogen and oxygen atoms in total. The number of nitrogens with zero attached hydrogens (tertiary/aromatic N) is 1. The van der Waals surface area contributed by atoms with Gasteiger partial charge in [-0.3, -0.25) is 10.1 Å². The zero-order valence-corrected chi connectivity index (χ0v) is 13.1. The van der Waals surface area contributed by atoms with Gasteiger partial charge in [-0.2, -0.15) is 13.2 Å². The van der Waals surface area contributed by atoms with Crippen LogP contribution in [-0.4, -0.2) is 4.92 Å². The number of alkyl halides is 3. The number of benzene rings is 2. The summed E-state index contributed by atoms with van der Waals surface area (Å²) in [6, 6.07) is 10.3. The van der Waals surface area contributed by atoms with Crippen molar-refractivity contribution in [2.75, 3.05) is 0 Å². The summed E-state index contributed by atoms with van der Waals surface area (Å²) in [5.74, 6) is 0. The predicted octanol–water partition coefficient (Wildman–Crippen LogP) is 4.87. The van der Waals surface area contributed by atoms with Crippen LogP contribution in [0.3, 0.4) is 0 Å². The van der Waals surface area contributed by atoms with E-state index in [2.05, 4.69) is 0 Å². The first kappa shape index (κ1) is 17.0. The molecule has 0 bridgehead atoms. The molecular weight excluding hydrogens is 359 g/mol. The summed E-state index contributed by atoms with van der Waals surface area (Å²) in [6.07, 6.45) is -4.70. The standard InChI is InChI=1S/C16H8F3NO4S/c17-16(18,19)10-5-6-13(11(8-10)20(22)23)25-14-7-9-3-1-2-4-12(9)24-15(14)21/h1-8H. The SMILES string of the molecule is O=c1oc2ccccc2cc1Sc1ccc(C(F)(F)F)cc1[N+](=O)[O-]. The molecule has 0 aliphatic rings. The van der Waals surface area contributed by atoms with Crippen LogP contribution in [0.15, 0.2) is 67.5 Å². The smallest absolute Gasteiger partial charge is 0.416 e. The van der Waals surface area contributed by atoms with Gasteiger partial charge in [-0.15, -0.1) is 0 Å². The molecule has 0 fully saturated rings. The van der Waals surface area contributed by atoms with Crippen LogP contribution in [0.5, 0.6) is 0 Å². The van der Waals surface area contributed by atoms with E-state index < -0.39 is 28.0 Å². The molecule has 0 aliphatic heterocycles. The van der Waals surface area contributed by atoms with E-state index in [-0.39, 0.29) is 9.79 Å². The summed E-state index contributed by atoms with van der Waals surface area (Å²) in [5, 5.41) is 11.7. The predicted molar refractivity (Wildman–Crippen MR) is 84.7 cm³/mol. The van der Waals surface area contributed by atoms with Crippen LogP contribution >= 0.6 is 11.8 Å². The first-order chi connectivity index (χ1) is 11.8. The summed E-state index contributed by atoms with van der Waals surface area (Å²) in [5.41, 5.74) is -2.24. The van der Waals surface area contributed by atoms with Crippen LogP contribution in [0.25, 0.3) is 11.0 Å². The monoisotopic (exact) mass is 367 g/mol. The van der Waals surface area contributed by atoms with E-state index in [4.69, 9.17) is 4.42 Å². The van der Waals surface area contributed by atoms with Gasteiger partial charge in [-0.05, 0) is 24.3 Å². The molecule has 0 aliphatic carbocycles. The molecule has 0 saturated heterocycles. The van der Waals surface area contributed by atoms with Crippen molar-refractivity contribution >= 4 is 28.4 Å². The van der Waals surface area contributed by atoms with E-state index in [0.29, 0.717) is 28.8 Å². The van der Waals surface area contributed by atoms with Gasteiger partial charge in [-0.25, -0.2) is 4.79 Å². The van der Waals surface area contributed by atoms with Crippen molar-refractivity contribution in [1.29, 1.82) is 0 Å². The van der Waals surface area contributed by atoms with Crippen molar-refractivity contribution in [1.82, 2.24) is 0 Å². The highest BCUT2D eigenvalue weighted by Crippen LogP contribution is 2.38. The van der Waals surface area contributed by atoms with Gasteiger partial charge in [0.05, 0.1) is 20.3 Å². The zero-order chi connectivity index (χ0) is 18.2. The van der Waals surface area contributed by atoms with E-state index in [1.165, 1.54) is 6.07 Å². The fourth-order valence-electron chi connectivity index (χ4n) is 2.16. The fourth-order valence-corrected chi connectivity index (χ4v) is 3.08. The van der Waals surface area contributed by atoms with E-state index in [9.17, 15) is 28.1 Å². The van der Waals surface area contributed by atoms with Crippen LogP contribution < -0.4 is 5.63 Å². The molecule has 0 unspecified atom stereocenters.